The number of aliphatic hydroxyl groups is 2. The van der Waals surface area contributed by atoms with E-state index in [1.807, 2.05) is 0 Å². The minimum absolute atomic E-state index is 0.403. The highest BCUT2D eigenvalue weighted by Crippen LogP contribution is 2.10. The Morgan fingerprint density at radius 3 is 1.37 bits per heavy atom. The predicted octanol–water partition coefficient (Wildman–Crippen LogP) is -0.743. The zero-order chi connectivity index (χ0) is 21.6. The molecule has 150 valence electrons. The summed E-state index contributed by atoms with van der Waals surface area (Å²) in [7, 11) is 0. The molecule has 0 heterocycles. The second kappa shape index (κ2) is 13.7. The lowest BCUT2D eigenvalue weighted by Gasteiger charge is -2.03. The van der Waals surface area contributed by atoms with Gasteiger partial charge in [-0.05, 0) is 5.56 Å². The molecule has 0 saturated carbocycles. The van der Waals surface area contributed by atoms with E-state index in [1.54, 1.807) is 30.3 Å². The fourth-order valence-corrected chi connectivity index (χ4v) is 1.16. The molecule has 0 amide bonds. The Hall–Kier alpha value is -3.51. The molecule has 0 bridgehead atoms. The summed E-state index contributed by atoms with van der Waals surface area (Å²) >= 11 is 0. The second-order valence-corrected chi connectivity index (χ2v) is 4.57. The van der Waals surface area contributed by atoms with E-state index in [9.17, 15) is 24.0 Å². The summed E-state index contributed by atoms with van der Waals surface area (Å²) in [6.45, 7) is 0. The molecule has 1 aromatic carbocycles. The van der Waals surface area contributed by atoms with Crippen LogP contribution < -0.4 is 0 Å². The predicted molar refractivity (Wildman–Crippen MR) is 84.8 cm³/mol. The third-order valence-corrected chi connectivity index (χ3v) is 2.30. The smallest absolute Gasteiger partial charge is 0.337 e. The summed E-state index contributed by atoms with van der Waals surface area (Å²) in [6, 6.07) is 8.26. The Morgan fingerprint density at radius 1 is 0.704 bits per heavy atom. The van der Waals surface area contributed by atoms with Crippen molar-refractivity contribution < 1.29 is 59.7 Å². The summed E-state index contributed by atoms with van der Waals surface area (Å²) < 4.78 is 0. The Balaban J connectivity index is 0. The van der Waals surface area contributed by atoms with Crippen LogP contribution in [0.25, 0.3) is 0 Å². The maximum atomic E-state index is 10.2. The summed E-state index contributed by atoms with van der Waals surface area (Å²) in [5.74, 6) is -6.70. The van der Waals surface area contributed by atoms with Crippen LogP contribution in [0.1, 0.15) is 24.5 Å². The molecule has 0 fully saturated rings. The number of hydrogen-bond acceptors (Lipinski definition) is 7. The average Bonchev–Trinajstić information content (AvgIpc) is 2.54. The third kappa shape index (κ3) is 15.7. The molecule has 0 radical (unpaired) electrons. The largest absolute Gasteiger partial charge is 0.481 e. The highest BCUT2D eigenvalue weighted by molar-refractivity contribution is 5.88. The van der Waals surface area contributed by atoms with Crippen LogP contribution in [0, 0.1) is 0 Å². The first kappa shape index (κ1) is 25.7. The Kier molecular flexibility index (Phi) is 13.1. The Morgan fingerprint density at radius 2 is 1.15 bits per heavy atom. The molecule has 0 aliphatic heterocycles. The lowest BCUT2D eigenvalue weighted by atomic mass is 10.1. The van der Waals surface area contributed by atoms with Crippen molar-refractivity contribution in [1.82, 2.24) is 0 Å². The fraction of sp³-hybridized carbons (Fsp3) is 0.267. The number of aliphatic hydroxyl groups excluding tert-OH is 2. The van der Waals surface area contributed by atoms with Crippen molar-refractivity contribution in [3.63, 3.8) is 0 Å². The van der Waals surface area contributed by atoms with E-state index in [1.165, 1.54) is 0 Å². The Bertz CT molecular complexity index is 627. The topological polar surface area (TPSA) is 227 Å². The van der Waals surface area contributed by atoms with Crippen molar-refractivity contribution in [2.24, 2.45) is 0 Å². The number of carboxylic acids is 5. The fourth-order valence-electron chi connectivity index (χ4n) is 1.16. The van der Waals surface area contributed by atoms with Gasteiger partial charge in [-0.1, -0.05) is 30.3 Å². The highest BCUT2D eigenvalue weighted by Gasteiger charge is 2.16. The van der Waals surface area contributed by atoms with Gasteiger partial charge in [0.25, 0.3) is 0 Å². The number of carbonyl (C=O) groups is 5. The van der Waals surface area contributed by atoms with Crippen LogP contribution in [-0.2, 0) is 24.0 Å². The normalized spacial score (nSPS) is 11.3. The molecule has 0 aliphatic rings. The monoisotopic (exact) mass is 390 g/mol. The van der Waals surface area contributed by atoms with Gasteiger partial charge < -0.3 is 35.7 Å². The molecule has 7 N–H and O–H groups in total. The van der Waals surface area contributed by atoms with Crippen LogP contribution in [0.15, 0.2) is 30.3 Å². The molecule has 0 aromatic heterocycles. The number of rotatable bonds is 7. The highest BCUT2D eigenvalue weighted by atomic mass is 16.4. The van der Waals surface area contributed by atoms with Crippen molar-refractivity contribution in [3.8, 4) is 0 Å². The number of hydrogen-bond donors (Lipinski definition) is 7. The van der Waals surface area contributed by atoms with Gasteiger partial charge in [0.1, 0.15) is 6.42 Å². The first-order valence-corrected chi connectivity index (χ1v) is 6.90. The number of benzene rings is 1. The summed E-state index contributed by atoms with van der Waals surface area (Å²) in [4.78, 5) is 48.5. The van der Waals surface area contributed by atoms with Gasteiger partial charge in [-0.15, -0.1) is 0 Å². The maximum absolute atomic E-state index is 10.2. The maximum Gasteiger partial charge on any atom is 0.337 e. The molecular formula is C15H18O12. The van der Waals surface area contributed by atoms with E-state index >= 15 is 0 Å². The van der Waals surface area contributed by atoms with Crippen molar-refractivity contribution in [1.29, 1.82) is 0 Å². The molecular weight excluding hydrogens is 372 g/mol. The van der Waals surface area contributed by atoms with Crippen LogP contribution >= 0.6 is 0 Å². The van der Waals surface area contributed by atoms with Gasteiger partial charge in [0.05, 0.1) is 6.42 Å². The minimum Gasteiger partial charge on any atom is -0.481 e. The SMILES string of the molecule is O=C(O)C(O)c1ccccc1.O=C(O)CC(=O)O.O=C(O)CC(O)C(=O)O. The van der Waals surface area contributed by atoms with Gasteiger partial charge in [-0.2, -0.15) is 0 Å². The van der Waals surface area contributed by atoms with Crippen LogP contribution in [-0.4, -0.2) is 71.7 Å². The minimum atomic E-state index is -1.79. The van der Waals surface area contributed by atoms with E-state index in [2.05, 4.69) is 0 Å². The van der Waals surface area contributed by atoms with E-state index in [4.69, 9.17) is 35.7 Å². The van der Waals surface area contributed by atoms with Crippen molar-refractivity contribution in [2.45, 2.75) is 25.0 Å². The van der Waals surface area contributed by atoms with Gasteiger partial charge >= 0.3 is 29.8 Å². The molecule has 1 aromatic rings. The van der Waals surface area contributed by atoms with Crippen LogP contribution in [0.4, 0.5) is 0 Å². The molecule has 27 heavy (non-hydrogen) atoms. The van der Waals surface area contributed by atoms with Gasteiger partial charge in [0.15, 0.2) is 12.2 Å². The number of aliphatic carboxylic acids is 5. The van der Waals surface area contributed by atoms with E-state index < -0.39 is 54.9 Å². The first-order chi connectivity index (χ1) is 12.4. The van der Waals surface area contributed by atoms with Gasteiger partial charge in [0.2, 0.25) is 0 Å². The Labute approximate surface area is 151 Å². The van der Waals surface area contributed by atoms with Crippen molar-refractivity contribution >= 4 is 29.8 Å². The second-order valence-electron chi connectivity index (χ2n) is 4.57. The lowest BCUT2D eigenvalue weighted by molar-refractivity contribution is -0.153. The van der Waals surface area contributed by atoms with Gasteiger partial charge in [0, 0.05) is 0 Å². The van der Waals surface area contributed by atoms with Crippen LogP contribution in [0.3, 0.4) is 0 Å². The molecule has 1 rings (SSSR count). The van der Waals surface area contributed by atoms with Crippen molar-refractivity contribution in [2.75, 3.05) is 0 Å². The van der Waals surface area contributed by atoms with Gasteiger partial charge in [-0.25, -0.2) is 9.59 Å². The molecule has 0 spiro atoms. The summed E-state index contributed by atoms with van der Waals surface area (Å²) in [6.07, 6.45) is -4.76. The van der Waals surface area contributed by atoms with E-state index in [0.717, 1.165) is 0 Å². The van der Waals surface area contributed by atoms with Crippen LogP contribution in [0.2, 0.25) is 0 Å². The zero-order valence-corrected chi connectivity index (χ0v) is 13.6. The van der Waals surface area contributed by atoms with Gasteiger partial charge in [-0.3, -0.25) is 14.4 Å². The van der Waals surface area contributed by atoms with Crippen LogP contribution in [0.5, 0.6) is 0 Å². The third-order valence-electron chi connectivity index (χ3n) is 2.30. The molecule has 12 nitrogen and oxygen atoms in total. The first-order valence-electron chi connectivity index (χ1n) is 6.90. The molecule has 2 unspecified atom stereocenters. The standard InChI is InChI=1S/C8H8O3.C4H6O5.C3H4O4/c9-7(8(10)11)6-4-2-1-3-5-6;5-2(4(8)9)1-3(6)7;4-2(5)1-3(6)7/h1-5,7,9H,(H,10,11);2,5H,1H2,(H,6,7)(H,8,9);1H2,(H,4,5)(H,6,7). The molecule has 2 atom stereocenters. The molecule has 0 saturated heterocycles. The summed E-state index contributed by atoms with van der Waals surface area (Å²) in [5.41, 5.74) is 0.403. The summed E-state index contributed by atoms with van der Waals surface area (Å²) in [5, 5.41) is 56.9. The molecule has 0 aliphatic carbocycles. The lowest BCUT2D eigenvalue weighted by Crippen LogP contribution is -2.22. The van der Waals surface area contributed by atoms with E-state index in [-0.39, 0.29) is 0 Å². The van der Waals surface area contributed by atoms with E-state index in [0.29, 0.717) is 5.56 Å². The quantitative estimate of drug-likeness (QED) is 0.285. The number of carboxylic acid groups (broad SMARTS) is 5. The molecule has 12 heteroatoms. The average molecular weight is 390 g/mol. The zero-order valence-electron chi connectivity index (χ0n) is 13.6. The van der Waals surface area contributed by atoms with Crippen molar-refractivity contribution in [3.05, 3.63) is 35.9 Å².